The van der Waals surface area contributed by atoms with Crippen LogP contribution in [0.3, 0.4) is 0 Å². The Morgan fingerprint density at radius 1 is 1.24 bits per heavy atom. The molecule has 2 unspecified atom stereocenters. The van der Waals surface area contributed by atoms with Crippen LogP contribution in [0.4, 0.5) is 0 Å². The van der Waals surface area contributed by atoms with Crippen molar-refractivity contribution in [3.05, 3.63) is 46.0 Å². The summed E-state index contributed by atoms with van der Waals surface area (Å²) in [6.07, 6.45) is 3.21. The second-order valence-corrected chi connectivity index (χ2v) is 9.49. The van der Waals surface area contributed by atoms with Crippen molar-refractivity contribution in [3.8, 4) is 0 Å². The van der Waals surface area contributed by atoms with Gasteiger partial charge in [-0.25, -0.2) is 28.2 Å². The summed E-state index contributed by atoms with van der Waals surface area (Å²) in [4.78, 5) is 9.61. The van der Waals surface area contributed by atoms with Crippen molar-refractivity contribution in [2.45, 2.75) is 36.2 Å². The molecular weight excluding hydrogens is 458 g/mol. The minimum absolute atomic E-state index is 0.0379. The van der Waals surface area contributed by atoms with Crippen LogP contribution in [0.15, 0.2) is 33.8 Å². The highest BCUT2D eigenvalue weighted by Gasteiger charge is 2.25. The van der Waals surface area contributed by atoms with Crippen LogP contribution in [0.2, 0.25) is 0 Å². The Hall–Kier alpha value is -1.92. The number of aromatic nitrogens is 4. The summed E-state index contributed by atoms with van der Waals surface area (Å²) in [5.74, 6) is 0.694. The standard InChI is InChI=1S/C18H22BrN7O2S/c1-26-18-13(16(19)25-26)15(23-17(24-18)12-4-2-3-9-22-12)14(20)10-5-7-11(8-6-10)29(21,27)28/h5-8,12,14,22H,2-4,9,20H2,1H3,(H2,21,27,28). The predicted molar refractivity (Wildman–Crippen MR) is 112 cm³/mol. The van der Waals surface area contributed by atoms with E-state index in [1.165, 1.54) is 12.1 Å². The highest BCUT2D eigenvalue weighted by Crippen LogP contribution is 2.32. The van der Waals surface area contributed by atoms with Gasteiger partial charge in [-0.15, -0.1) is 0 Å². The Kier molecular flexibility index (Phi) is 5.42. The lowest BCUT2D eigenvalue weighted by Crippen LogP contribution is -2.29. The van der Waals surface area contributed by atoms with Crippen molar-refractivity contribution < 1.29 is 8.42 Å². The molecule has 29 heavy (non-hydrogen) atoms. The maximum absolute atomic E-state index is 11.5. The molecule has 9 nitrogen and oxygen atoms in total. The molecule has 1 aliphatic heterocycles. The fourth-order valence-electron chi connectivity index (χ4n) is 3.62. The molecule has 154 valence electrons. The largest absolute Gasteiger partial charge is 0.319 e. The fourth-order valence-corrected chi connectivity index (χ4v) is 4.75. The van der Waals surface area contributed by atoms with Gasteiger partial charge in [-0.3, -0.25) is 0 Å². The van der Waals surface area contributed by atoms with E-state index in [0.29, 0.717) is 21.8 Å². The van der Waals surface area contributed by atoms with E-state index in [-0.39, 0.29) is 10.9 Å². The first-order valence-corrected chi connectivity index (χ1v) is 11.6. The number of hydrogen-bond donors (Lipinski definition) is 3. The number of rotatable bonds is 4. The first-order chi connectivity index (χ1) is 13.8. The summed E-state index contributed by atoms with van der Waals surface area (Å²) in [7, 11) is -1.94. The molecule has 1 aliphatic rings. The molecule has 2 atom stereocenters. The van der Waals surface area contributed by atoms with Gasteiger partial charge in [-0.1, -0.05) is 18.6 Å². The third-order valence-corrected chi connectivity index (χ3v) is 6.65. The van der Waals surface area contributed by atoms with E-state index >= 15 is 0 Å². The number of primary sulfonamides is 1. The lowest BCUT2D eigenvalue weighted by atomic mass is 10.0. The molecule has 3 aromatic rings. The zero-order valence-corrected chi connectivity index (χ0v) is 18.2. The summed E-state index contributed by atoms with van der Waals surface area (Å²) in [6.45, 7) is 0.928. The minimum atomic E-state index is -3.76. The molecule has 5 N–H and O–H groups in total. The van der Waals surface area contributed by atoms with Gasteiger partial charge in [0.25, 0.3) is 0 Å². The average Bonchev–Trinajstić information content (AvgIpc) is 3.00. The van der Waals surface area contributed by atoms with Gasteiger partial charge in [-0.05, 0) is 53.0 Å². The van der Waals surface area contributed by atoms with Crippen molar-refractivity contribution in [1.29, 1.82) is 0 Å². The lowest BCUT2D eigenvalue weighted by molar-refractivity contribution is 0.397. The summed E-state index contributed by atoms with van der Waals surface area (Å²) in [6, 6.07) is 5.69. The van der Waals surface area contributed by atoms with Gasteiger partial charge < -0.3 is 11.1 Å². The molecule has 2 aromatic heterocycles. The Balaban J connectivity index is 1.82. The Labute approximate surface area is 177 Å². The summed E-state index contributed by atoms with van der Waals surface area (Å²) in [5.41, 5.74) is 8.62. The number of nitrogens with one attached hydrogen (secondary N) is 1. The zero-order valence-electron chi connectivity index (χ0n) is 15.8. The van der Waals surface area contributed by atoms with Crippen LogP contribution in [0.5, 0.6) is 0 Å². The second-order valence-electron chi connectivity index (χ2n) is 7.17. The van der Waals surface area contributed by atoms with Crippen molar-refractivity contribution in [3.63, 3.8) is 0 Å². The van der Waals surface area contributed by atoms with Crippen LogP contribution in [-0.2, 0) is 17.1 Å². The summed E-state index contributed by atoms with van der Waals surface area (Å²) in [5, 5.41) is 13.8. The van der Waals surface area contributed by atoms with E-state index in [9.17, 15) is 8.42 Å². The maximum atomic E-state index is 11.5. The molecule has 0 saturated carbocycles. The summed E-state index contributed by atoms with van der Waals surface area (Å²) < 4.78 is 25.4. The number of halogens is 1. The van der Waals surface area contributed by atoms with Gasteiger partial charge in [-0.2, -0.15) is 5.10 Å². The highest BCUT2D eigenvalue weighted by atomic mass is 79.9. The number of nitrogens with two attached hydrogens (primary N) is 2. The van der Waals surface area contributed by atoms with Crippen LogP contribution in [0, 0.1) is 0 Å². The summed E-state index contributed by atoms with van der Waals surface area (Å²) >= 11 is 3.49. The molecule has 11 heteroatoms. The first-order valence-electron chi connectivity index (χ1n) is 9.27. The van der Waals surface area contributed by atoms with Crippen molar-refractivity contribution in [2.24, 2.45) is 17.9 Å². The van der Waals surface area contributed by atoms with E-state index in [4.69, 9.17) is 20.8 Å². The number of sulfonamides is 1. The number of aryl methyl sites for hydroxylation is 1. The molecular formula is C18H22BrN7O2S. The molecule has 4 rings (SSSR count). The monoisotopic (exact) mass is 479 g/mol. The third-order valence-electron chi connectivity index (χ3n) is 5.17. The molecule has 0 spiro atoms. The molecule has 0 amide bonds. The topological polar surface area (TPSA) is 142 Å². The van der Waals surface area contributed by atoms with E-state index in [1.54, 1.807) is 16.8 Å². The van der Waals surface area contributed by atoms with E-state index < -0.39 is 16.1 Å². The normalized spacial score (nSPS) is 18.8. The number of piperidine rings is 1. The van der Waals surface area contributed by atoms with E-state index in [0.717, 1.165) is 36.8 Å². The van der Waals surface area contributed by atoms with Crippen LogP contribution >= 0.6 is 15.9 Å². The molecule has 3 heterocycles. The van der Waals surface area contributed by atoms with Crippen LogP contribution in [0.25, 0.3) is 11.0 Å². The Morgan fingerprint density at radius 2 is 1.97 bits per heavy atom. The SMILES string of the molecule is Cn1nc(Br)c2c(C(N)c3ccc(S(N)(=O)=O)cc3)nc(C3CCCCN3)nc21. The average molecular weight is 480 g/mol. The smallest absolute Gasteiger partial charge is 0.238 e. The minimum Gasteiger partial charge on any atom is -0.319 e. The predicted octanol–water partition coefficient (Wildman–Crippen LogP) is 1.64. The molecule has 0 radical (unpaired) electrons. The van der Waals surface area contributed by atoms with Crippen molar-refractivity contribution in [2.75, 3.05) is 6.54 Å². The highest BCUT2D eigenvalue weighted by molar-refractivity contribution is 9.10. The number of fused-ring (bicyclic) bond motifs is 1. The zero-order chi connectivity index (χ0) is 20.8. The third kappa shape index (κ3) is 3.92. The fraction of sp³-hybridized carbons (Fsp3) is 0.389. The number of nitrogens with zero attached hydrogens (tertiary/aromatic N) is 4. The Morgan fingerprint density at radius 3 is 2.59 bits per heavy atom. The van der Waals surface area contributed by atoms with Gasteiger partial charge in [0.15, 0.2) is 5.65 Å². The van der Waals surface area contributed by atoms with E-state index in [2.05, 4.69) is 26.3 Å². The van der Waals surface area contributed by atoms with Gasteiger partial charge in [0.05, 0.1) is 28.1 Å². The van der Waals surface area contributed by atoms with Crippen LogP contribution in [-0.4, -0.2) is 34.7 Å². The van der Waals surface area contributed by atoms with Gasteiger partial charge in [0.2, 0.25) is 10.0 Å². The molecule has 0 aliphatic carbocycles. The van der Waals surface area contributed by atoms with E-state index in [1.807, 2.05) is 7.05 Å². The van der Waals surface area contributed by atoms with Gasteiger partial charge >= 0.3 is 0 Å². The molecule has 0 bridgehead atoms. The molecule has 1 aromatic carbocycles. The maximum Gasteiger partial charge on any atom is 0.238 e. The second kappa shape index (κ2) is 7.73. The Bertz CT molecular complexity index is 1160. The van der Waals surface area contributed by atoms with Crippen molar-refractivity contribution in [1.82, 2.24) is 25.1 Å². The van der Waals surface area contributed by atoms with Gasteiger partial charge in [0.1, 0.15) is 10.4 Å². The lowest BCUT2D eigenvalue weighted by Gasteiger charge is -2.23. The van der Waals surface area contributed by atoms with Crippen molar-refractivity contribution >= 4 is 37.0 Å². The van der Waals surface area contributed by atoms with Gasteiger partial charge in [0, 0.05) is 7.05 Å². The number of hydrogen-bond acceptors (Lipinski definition) is 7. The molecule has 1 fully saturated rings. The quantitative estimate of drug-likeness (QED) is 0.515. The first kappa shape index (κ1) is 20.4. The number of benzene rings is 1. The van der Waals surface area contributed by atoms with Crippen LogP contribution < -0.4 is 16.2 Å². The van der Waals surface area contributed by atoms with Crippen LogP contribution in [0.1, 0.15) is 48.4 Å². The molecule has 1 saturated heterocycles.